The molecule has 8 heteroatoms. The largest absolute Gasteiger partial charge is 0.328 e. The van der Waals surface area contributed by atoms with E-state index in [1.54, 1.807) is 17.2 Å². The second-order valence-electron chi connectivity index (χ2n) is 11.4. The molecule has 2 aliphatic carbocycles. The van der Waals surface area contributed by atoms with E-state index in [0.29, 0.717) is 30.3 Å². The molecule has 5 rings (SSSR count). The first kappa shape index (κ1) is 24.4. The molecule has 1 saturated carbocycles. The molecule has 8 nitrogen and oxygen atoms in total. The van der Waals surface area contributed by atoms with Crippen LogP contribution in [-0.2, 0) is 27.2 Å². The van der Waals surface area contributed by atoms with Crippen LogP contribution in [0.5, 0.6) is 0 Å². The average molecular weight is 490 g/mol. The van der Waals surface area contributed by atoms with Gasteiger partial charge in [0.05, 0.1) is 0 Å². The Hall–Kier alpha value is -3.26. The Kier molecular flexibility index (Phi) is 6.55. The molecule has 1 aromatic heterocycles. The van der Waals surface area contributed by atoms with Crippen LogP contribution < -0.4 is 16.0 Å². The predicted molar refractivity (Wildman–Crippen MR) is 138 cm³/mol. The predicted octanol–water partition coefficient (Wildman–Crippen LogP) is 3.00. The maximum atomic E-state index is 13.3. The third kappa shape index (κ3) is 5.14. The van der Waals surface area contributed by atoms with Crippen LogP contribution in [0.15, 0.2) is 42.6 Å². The van der Waals surface area contributed by atoms with Crippen molar-refractivity contribution in [3.63, 3.8) is 0 Å². The van der Waals surface area contributed by atoms with Crippen LogP contribution in [-0.4, -0.2) is 52.8 Å². The lowest BCUT2D eigenvalue weighted by atomic mass is 9.92. The maximum absolute atomic E-state index is 13.3. The van der Waals surface area contributed by atoms with Crippen LogP contribution in [0, 0.1) is 17.3 Å². The first-order chi connectivity index (χ1) is 17.2. The summed E-state index contributed by atoms with van der Waals surface area (Å²) >= 11 is 0. The van der Waals surface area contributed by atoms with Crippen LogP contribution in [0.2, 0.25) is 0 Å². The summed E-state index contributed by atoms with van der Waals surface area (Å²) in [5.41, 5.74) is 2.32. The topological polar surface area (TPSA) is 103 Å². The van der Waals surface area contributed by atoms with Crippen molar-refractivity contribution in [3.05, 3.63) is 53.7 Å². The minimum Gasteiger partial charge on any atom is -0.328 e. The second-order valence-corrected chi connectivity index (χ2v) is 11.4. The van der Waals surface area contributed by atoms with Crippen LogP contribution in [0.25, 0.3) is 0 Å². The molecule has 3 unspecified atom stereocenters. The zero-order valence-electron chi connectivity index (χ0n) is 21.2. The Morgan fingerprint density at radius 1 is 1.06 bits per heavy atom. The van der Waals surface area contributed by atoms with Crippen molar-refractivity contribution in [1.82, 2.24) is 15.2 Å². The van der Waals surface area contributed by atoms with E-state index in [0.717, 1.165) is 30.5 Å². The third-order valence-corrected chi connectivity index (χ3v) is 7.62. The van der Waals surface area contributed by atoms with Gasteiger partial charge in [-0.3, -0.25) is 14.4 Å². The fourth-order valence-electron chi connectivity index (χ4n) is 5.84. The van der Waals surface area contributed by atoms with Crippen molar-refractivity contribution in [2.24, 2.45) is 17.3 Å². The molecule has 4 atom stereocenters. The lowest BCUT2D eigenvalue weighted by molar-refractivity contribution is -0.145. The summed E-state index contributed by atoms with van der Waals surface area (Å²) in [6.07, 6.45) is 4.95. The Bertz CT molecular complexity index is 1160. The summed E-state index contributed by atoms with van der Waals surface area (Å²) in [5, 5.41) is 9.39. The highest BCUT2D eigenvalue weighted by atomic mass is 16.2. The van der Waals surface area contributed by atoms with Gasteiger partial charge in [-0.15, -0.1) is 0 Å². The SMILES string of the molecule is CC(C)(C)C(=O)N(CC(=O)Nc1ccc2c(c1)C[C@H](C(=O)Nc1ccccn1)C2)C1CC2CNC1C2. The number of carbonyl (C=O) groups excluding carboxylic acids is 3. The zero-order chi connectivity index (χ0) is 25.4. The minimum atomic E-state index is -0.555. The molecule has 1 saturated heterocycles. The quantitative estimate of drug-likeness (QED) is 0.579. The van der Waals surface area contributed by atoms with Crippen molar-refractivity contribution in [2.45, 2.75) is 58.5 Å². The van der Waals surface area contributed by atoms with E-state index in [-0.39, 0.29) is 42.3 Å². The Morgan fingerprint density at radius 3 is 2.53 bits per heavy atom. The van der Waals surface area contributed by atoms with Crippen LogP contribution >= 0.6 is 0 Å². The number of fused-ring (bicyclic) bond motifs is 3. The van der Waals surface area contributed by atoms with Gasteiger partial charge in [-0.25, -0.2) is 4.98 Å². The van der Waals surface area contributed by atoms with Gasteiger partial charge in [0.25, 0.3) is 0 Å². The molecule has 3 amide bonds. The van der Waals surface area contributed by atoms with Gasteiger partial charge >= 0.3 is 0 Å². The molecule has 190 valence electrons. The van der Waals surface area contributed by atoms with Gasteiger partial charge in [-0.05, 0) is 73.5 Å². The van der Waals surface area contributed by atoms with Crippen molar-refractivity contribution >= 4 is 29.2 Å². The van der Waals surface area contributed by atoms with E-state index in [9.17, 15) is 14.4 Å². The number of piperidine rings is 1. The number of nitrogens with one attached hydrogen (secondary N) is 3. The molecular formula is C28H35N5O3. The number of hydrogen-bond donors (Lipinski definition) is 3. The van der Waals surface area contributed by atoms with Crippen molar-refractivity contribution in [3.8, 4) is 0 Å². The summed E-state index contributed by atoms with van der Waals surface area (Å²) in [6.45, 7) is 6.75. The number of anilines is 2. The molecule has 36 heavy (non-hydrogen) atoms. The molecule has 2 heterocycles. The molecule has 3 aliphatic rings. The highest BCUT2D eigenvalue weighted by molar-refractivity contribution is 5.96. The molecule has 2 fully saturated rings. The van der Waals surface area contributed by atoms with E-state index in [4.69, 9.17) is 0 Å². The number of nitrogens with zero attached hydrogens (tertiary/aromatic N) is 2. The van der Waals surface area contributed by atoms with E-state index in [2.05, 4.69) is 20.9 Å². The number of aromatic nitrogens is 1. The second kappa shape index (κ2) is 9.65. The standard InChI is InChI=1S/C28H35N5O3/c1-28(2,3)27(36)33(23-11-17-10-22(23)30-15-17)16-25(34)31-21-8-7-18-12-20(13-19(18)14-21)26(35)32-24-6-4-5-9-29-24/h4-9,14,17,20,22-23,30H,10-13,15-16H2,1-3H3,(H,31,34)(H,29,32,35)/t17?,20-,22?,23?/m1/s1. The number of pyridine rings is 1. The summed E-state index contributed by atoms with van der Waals surface area (Å²) in [7, 11) is 0. The van der Waals surface area contributed by atoms with E-state index in [1.807, 2.05) is 51.1 Å². The number of rotatable bonds is 6. The molecule has 2 aromatic rings. The molecular weight excluding hydrogens is 454 g/mol. The van der Waals surface area contributed by atoms with Gasteiger partial charge in [0.1, 0.15) is 12.4 Å². The van der Waals surface area contributed by atoms with Gasteiger partial charge in [0.15, 0.2) is 0 Å². The van der Waals surface area contributed by atoms with E-state index >= 15 is 0 Å². The van der Waals surface area contributed by atoms with Crippen molar-refractivity contribution in [1.29, 1.82) is 0 Å². The minimum absolute atomic E-state index is 0.00714. The van der Waals surface area contributed by atoms with Crippen LogP contribution in [0.1, 0.15) is 44.7 Å². The maximum Gasteiger partial charge on any atom is 0.244 e. The average Bonchev–Trinajstić information content (AvgIpc) is 3.57. The normalized spacial score (nSPS) is 24.3. The fourth-order valence-corrected chi connectivity index (χ4v) is 5.84. The highest BCUT2D eigenvalue weighted by Gasteiger charge is 2.45. The van der Waals surface area contributed by atoms with Gasteiger partial charge in [-0.1, -0.05) is 32.9 Å². The van der Waals surface area contributed by atoms with Gasteiger partial charge < -0.3 is 20.9 Å². The molecule has 0 spiro atoms. The number of benzene rings is 1. The molecule has 0 radical (unpaired) electrons. The smallest absolute Gasteiger partial charge is 0.244 e. The lowest BCUT2D eigenvalue weighted by Crippen LogP contribution is -2.55. The van der Waals surface area contributed by atoms with Crippen LogP contribution in [0.3, 0.4) is 0 Å². The number of carbonyl (C=O) groups is 3. The number of amides is 3. The zero-order valence-corrected chi connectivity index (χ0v) is 21.2. The Morgan fingerprint density at radius 2 is 1.86 bits per heavy atom. The van der Waals surface area contributed by atoms with Crippen molar-refractivity contribution in [2.75, 3.05) is 23.7 Å². The molecule has 1 aliphatic heterocycles. The fraction of sp³-hybridized carbons (Fsp3) is 0.500. The Balaban J connectivity index is 1.22. The first-order valence-corrected chi connectivity index (χ1v) is 12.9. The van der Waals surface area contributed by atoms with Crippen LogP contribution in [0.4, 0.5) is 11.5 Å². The van der Waals surface area contributed by atoms with Crippen molar-refractivity contribution < 1.29 is 14.4 Å². The summed E-state index contributed by atoms with van der Waals surface area (Å²) in [5.74, 6) is 0.722. The lowest BCUT2D eigenvalue weighted by Gasteiger charge is -2.38. The Labute approximate surface area is 212 Å². The van der Waals surface area contributed by atoms with Gasteiger partial charge in [-0.2, -0.15) is 0 Å². The first-order valence-electron chi connectivity index (χ1n) is 12.9. The number of hydrogen-bond acceptors (Lipinski definition) is 5. The third-order valence-electron chi connectivity index (χ3n) is 7.62. The molecule has 1 aromatic carbocycles. The summed E-state index contributed by atoms with van der Waals surface area (Å²) < 4.78 is 0. The summed E-state index contributed by atoms with van der Waals surface area (Å²) in [4.78, 5) is 45.1. The molecule has 3 N–H and O–H groups in total. The van der Waals surface area contributed by atoms with E-state index < -0.39 is 5.41 Å². The van der Waals surface area contributed by atoms with Gasteiger partial charge in [0, 0.05) is 35.3 Å². The monoisotopic (exact) mass is 489 g/mol. The molecule has 2 bridgehead atoms. The van der Waals surface area contributed by atoms with Gasteiger partial charge in [0.2, 0.25) is 17.7 Å². The highest BCUT2D eigenvalue weighted by Crippen LogP contribution is 2.36. The van der Waals surface area contributed by atoms with E-state index in [1.165, 1.54) is 0 Å². The summed E-state index contributed by atoms with van der Waals surface area (Å²) in [6, 6.07) is 11.6.